The summed E-state index contributed by atoms with van der Waals surface area (Å²) in [5.41, 5.74) is -0.918. The summed E-state index contributed by atoms with van der Waals surface area (Å²) in [4.78, 5) is 25.3. The standard InChI is InChI=1S/C10H8F4N2O3/c11-9(12)10(13,14)4-15-7(17)5-2-1-3-6(16-5)8(18)19/h1-3,9H,4H2,(H,15,17)(H,18,19). The summed E-state index contributed by atoms with van der Waals surface area (Å²) in [5, 5.41) is 10.2. The van der Waals surface area contributed by atoms with E-state index >= 15 is 0 Å². The van der Waals surface area contributed by atoms with E-state index in [2.05, 4.69) is 4.98 Å². The molecular formula is C10H8F4N2O3. The molecule has 1 rings (SSSR count). The van der Waals surface area contributed by atoms with Gasteiger partial charge in [-0.05, 0) is 12.1 Å². The number of nitrogens with one attached hydrogen (secondary N) is 1. The van der Waals surface area contributed by atoms with Gasteiger partial charge in [0.1, 0.15) is 11.4 Å². The second-order valence-corrected chi connectivity index (χ2v) is 3.46. The SMILES string of the molecule is O=C(O)c1cccc(C(=O)NCC(F)(F)C(F)F)n1. The molecule has 1 aromatic rings. The molecule has 0 aliphatic carbocycles. The molecule has 0 atom stereocenters. The number of aromatic nitrogens is 1. The lowest BCUT2D eigenvalue weighted by atomic mass is 10.2. The van der Waals surface area contributed by atoms with Crippen molar-refractivity contribution < 1.29 is 32.3 Å². The van der Waals surface area contributed by atoms with Crippen LogP contribution >= 0.6 is 0 Å². The van der Waals surface area contributed by atoms with Gasteiger partial charge in [0.05, 0.1) is 6.54 Å². The van der Waals surface area contributed by atoms with Gasteiger partial charge in [-0.15, -0.1) is 0 Å². The van der Waals surface area contributed by atoms with Gasteiger partial charge in [-0.3, -0.25) is 4.79 Å². The second-order valence-electron chi connectivity index (χ2n) is 3.46. The van der Waals surface area contributed by atoms with Gasteiger partial charge in [0.2, 0.25) is 0 Å². The molecule has 0 fully saturated rings. The van der Waals surface area contributed by atoms with Gasteiger partial charge >= 0.3 is 18.3 Å². The predicted octanol–water partition coefficient (Wildman–Crippen LogP) is 1.41. The molecule has 1 aromatic heterocycles. The summed E-state index contributed by atoms with van der Waals surface area (Å²) < 4.78 is 48.8. The third-order valence-electron chi connectivity index (χ3n) is 2.00. The Balaban J connectivity index is 2.74. The monoisotopic (exact) mass is 280 g/mol. The van der Waals surface area contributed by atoms with E-state index < -0.39 is 42.2 Å². The molecule has 19 heavy (non-hydrogen) atoms. The number of amides is 1. The molecule has 0 saturated heterocycles. The Bertz CT molecular complexity index is 493. The zero-order chi connectivity index (χ0) is 14.6. The molecule has 0 aromatic carbocycles. The quantitative estimate of drug-likeness (QED) is 0.799. The number of hydrogen-bond acceptors (Lipinski definition) is 3. The average Bonchev–Trinajstić information content (AvgIpc) is 2.36. The average molecular weight is 280 g/mol. The Morgan fingerprint density at radius 3 is 2.42 bits per heavy atom. The fraction of sp³-hybridized carbons (Fsp3) is 0.300. The topological polar surface area (TPSA) is 79.3 Å². The lowest BCUT2D eigenvalue weighted by Crippen LogP contribution is -2.41. The zero-order valence-corrected chi connectivity index (χ0v) is 9.24. The van der Waals surface area contributed by atoms with Crippen LogP contribution in [0.3, 0.4) is 0 Å². The maximum Gasteiger partial charge on any atom is 0.354 e. The van der Waals surface area contributed by atoms with E-state index in [1.165, 1.54) is 6.07 Å². The maximum absolute atomic E-state index is 12.6. The fourth-order valence-electron chi connectivity index (χ4n) is 1.05. The number of halogens is 4. The first-order valence-corrected chi connectivity index (χ1v) is 4.88. The zero-order valence-electron chi connectivity index (χ0n) is 9.24. The second kappa shape index (κ2) is 5.63. The Kier molecular flexibility index (Phi) is 4.41. The van der Waals surface area contributed by atoms with E-state index in [-0.39, 0.29) is 0 Å². The van der Waals surface area contributed by atoms with E-state index in [4.69, 9.17) is 5.11 Å². The Labute approximate surface area is 104 Å². The van der Waals surface area contributed by atoms with E-state index in [1.54, 1.807) is 5.32 Å². The molecule has 0 radical (unpaired) electrons. The molecule has 0 saturated carbocycles. The number of carbonyl (C=O) groups is 2. The third kappa shape index (κ3) is 3.90. The number of pyridine rings is 1. The van der Waals surface area contributed by atoms with Crippen molar-refractivity contribution in [2.24, 2.45) is 0 Å². The normalized spacial score (nSPS) is 11.4. The summed E-state index contributed by atoms with van der Waals surface area (Å²) in [6.07, 6.45) is -3.91. The highest BCUT2D eigenvalue weighted by molar-refractivity contribution is 5.94. The minimum absolute atomic E-state index is 0.454. The lowest BCUT2D eigenvalue weighted by Gasteiger charge is -2.15. The Morgan fingerprint density at radius 2 is 1.89 bits per heavy atom. The number of carbonyl (C=O) groups excluding carboxylic acids is 1. The van der Waals surface area contributed by atoms with Gasteiger partial charge in [0.25, 0.3) is 5.91 Å². The molecule has 2 N–H and O–H groups in total. The molecule has 104 valence electrons. The van der Waals surface area contributed by atoms with Crippen molar-refractivity contribution in [3.63, 3.8) is 0 Å². The van der Waals surface area contributed by atoms with E-state index in [1.807, 2.05) is 0 Å². The molecule has 1 heterocycles. The minimum atomic E-state index is -4.36. The summed E-state index contributed by atoms with van der Waals surface area (Å²) in [7, 11) is 0. The van der Waals surface area contributed by atoms with Crippen LogP contribution in [0.15, 0.2) is 18.2 Å². The molecule has 1 amide bonds. The summed E-state index contributed by atoms with van der Waals surface area (Å²) in [6, 6.07) is 3.34. The largest absolute Gasteiger partial charge is 0.477 e. The number of carboxylic acids is 1. The molecule has 0 unspecified atom stereocenters. The van der Waals surface area contributed by atoms with Gasteiger partial charge in [-0.2, -0.15) is 8.78 Å². The highest BCUT2D eigenvalue weighted by Gasteiger charge is 2.40. The van der Waals surface area contributed by atoms with Crippen molar-refractivity contribution in [1.82, 2.24) is 10.3 Å². The van der Waals surface area contributed by atoms with Crippen molar-refractivity contribution in [3.8, 4) is 0 Å². The van der Waals surface area contributed by atoms with Gasteiger partial charge < -0.3 is 10.4 Å². The summed E-state index contributed by atoms with van der Waals surface area (Å²) >= 11 is 0. The molecular weight excluding hydrogens is 272 g/mol. The molecule has 0 aliphatic rings. The first-order valence-electron chi connectivity index (χ1n) is 4.88. The van der Waals surface area contributed by atoms with E-state index in [0.717, 1.165) is 12.1 Å². The first-order chi connectivity index (χ1) is 8.74. The number of rotatable bonds is 5. The fourth-order valence-corrected chi connectivity index (χ4v) is 1.05. The number of aromatic carboxylic acids is 1. The van der Waals surface area contributed by atoms with Crippen molar-refractivity contribution in [3.05, 3.63) is 29.6 Å². The third-order valence-corrected chi connectivity index (χ3v) is 2.00. The smallest absolute Gasteiger partial charge is 0.354 e. The first kappa shape index (κ1) is 14.9. The van der Waals surface area contributed by atoms with Gasteiger partial charge in [0, 0.05) is 0 Å². The molecule has 0 bridgehead atoms. The van der Waals surface area contributed by atoms with Crippen molar-refractivity contribution in [2.75, 3.05) is 6.54 Å². The summed E-state index contributed by atoms with van der Waals surface area (Å²) in [5.74, 6) is -6.93. The molecule has 9 heteroatoms. The van der Waals surface area contributed by atoms with Crippen molar-refractivity contribution in [2.45, 2.75) is 12.3 Å². The minimum Gasteiger partial charge on any atom is -0.477 e. The molecule has 5 nitrogen and oxygen atoms in total. The van der Waals surface area contributed by atoms with Gasteiger partial charge in [0.15, 0.2) is 0 Å². The van der Waals surface area contributed by atoms with Gasteiger partial charge in [-0.1, -0.05) is 6.07 Å². The number of hydrogen-bond donors (Lipinski definition) is 2. The predicted molar refractivity (Wildman–Crippen MR) is 54.5 cm³/mol. The van der Waals surface area contributed by atoms with E-state index in [0.29, 0.717) is 0 Å². The summed E-state index contributed by atoms with van der Waals surface area (Å²) in [6.45, 7) is -1.57. The number of alkyl halides is 4. The van der Waals surface area contributed by atoms with Gasteiger partial charge in [-0.25, -0.2) is 18.6 Å². The number of nitrogens with zero attached hydrogens (tertiary/aromatic N) is 1. The van der Waals surface area contributed by atoms with Crippen LogP contribution < -0.4 is 5.32 Å². The van der Waals surface area contributed by atoms with Crippen LogP contribution in [0.5, 0.6) is 0 Å². The van der Waals surface area contributed by atoms with Crippen molar-refractivity contribution >= 4 is 11.9 Å². The number of carboxylic acid groups (broad SMARTS) is 1. The molecule has 0 aliphatic heterocycles. The van der Waals surface area contributed by atoms with Crippen LogP contribution in [0.1, 0.15) is 21.0 Å². The van der Waals surface area contributed by atoms with E-state index in [9.17, 15) is 27.2 Å². The highest BCUT2D eigenvalue weighted by Crippen LogP contribution is 2.21. The van der Waals surface area contributed by atoms with Crippen LogP contribution in [-0.4, -0.2) is 40.9 Å². The maximum atomic E-state index is 12.6. The highest BCUT2D eigenvalue weighted by atomic mass is 19.3. The van der Waals surface area contributed by atoms with Crippen LogP contribution in [0.2, 0.25) is 0 Å². The van der Waals surface area contributed by atoms with Crippen LogP contribution in [0.4, 0.5) is 17.6 Å². The molecule has 0 spiro atoms. The lowest BCUT2D eigenvalue weighted by molar-refractivity contribution is -0.123. The Hall–Kier alpha value is -2.19. The van der Waals surface area contributed by atoms with Crippen LogP contribution in [-0.2, 0) is 0 Å². The van der Waals surface area contributed by atoms with Crippen LogP contribution in [0.25, 0.3) is 0 Å². The Morgan fingerprint density at radius 1 is 1.32 bits per heavy atom. The van der Waals surface area contributed by atoms with Crippen molar-refractivity contribution in [1.29, 1.82) is 0 Å². The van der Waals surface area contributed by atoms with Crippen LogP contribution in [0, 0.1) is 0 Å².